The maximum absolute atomic E-state index is 12.6. The van der Waals surface area contributed by atoms with Crippen LogP contribution in [-0.2, 0) is 14.3 Å². The van der Waals surface area contributed by atoms with Crippen LogP contribution in [0.25, 0.3) is 0 Å². The lowest BCUT2D eigenvalue weighted by atomic mass is 10.0. The highest BCUT2D eigenvalue weighted by Gasteiger charge is 2.23. The van der Waals surface area contributed by atoms with E-state index in [1.807, 2.05) is 0 Å². The van der Waals surface area contributed by atoms with Crippen molar-refractivity contribution in [3.63, 3.8) is 0 Å². The Labute approximate surface area is 85.8 Å². The van der Waals surface area contributed by atoms with Gasteiger partial charge in [-0.05, 0) is 17.7 Å². The van der Waals surface area contributed by atoms with Crippen molar-refractivity contribution >= 4 is 11.8 Å². The number of halogens is 1. The Hall–Kier alpha value is -1.75. The Morgan fingerprint density at radius 2 is 1.87 bits per heavy atom. The summed E-state index contributed by atoms with van der Waals surface area (Å²) in [5.41, 5.74) is 5.86. The van der Waals surface area contributed by atoms with Gasteiger partial charge in [0.25, 0.3) is 5.78 Å². The molecule has 80 valence electrons. The van der Waals surface area contributed by atoms with Gasteiger partial charge in [0, 0.05) is 0 Å². The maximum atomic E-state index is 12.6. The molecule has 0 saturated heterocycles. The Kier molecular flexibility index (Phi) is 3.51. The minimum absolute atomic E-state index is 0.367. The molecule has 0 aromatic heterocycles. The number of ketones is 1. The van der Waals surface area contributed by atoms with E-state index in [4.69, 9.17) is 5.73 Å². The molecular weight excluding hydrogens is 201 g/mol. The zero-order chi connectivity index (χ0) is 11.4. The van der Waals surface area contributed by atoms with Gasteiger partial charge >= 0.3 is 5.97 Å². The average Bonchev–Trinajstić information content (AvgIpc) is 2.27. The quantitative estimate of drug-likeness (QED) is 0.586. The Morgan fingerprint density at radius 1 is 1.33 bits per heavy atom. The molecule has 0 saturated carbocycles. The highest BCUT2D eigenvalue weighted by atomic mass is 19.1. The summed E-state index contributed by atoms with van der Waals surface area (Å²) >= 11 is 0. The molecule has 0 aliphatic carbocycles. The van der Waals surface area contributed by atoms with Crippen LogP contribution in [0, 0.1) is 5.82 Å². The second kappa shape index (κ2) is 4.65. The van der Waals surface area contributed by atoms with E-state index in [1.165, 1.54) is 24.3 Å². The molecule has 0 fully saturated rings. The zero-order valence-corrected chi connectivity index (χ0v) is 8.07. The van der Waals surface area contributed by atoms with Crippen molar-refractivity contribution in [1.82, 2.24) is 0 Å². The molecule has 0 aliphatic heterocycles. The molecule has 1 aromatic carbocycles. The summed E-state index contributed by atoms with van der Waals surface area (Å²) in [5.74, 6) is -2.30. The number of hydrogen-bond acceptors (Lipinski definition) is 4. The number of Topliss-reactive ketones (excluding diaryl/α,β-unsaturated/α-hetero) is 1. The number of ether oxygens (including phenoxy) is 1. The van der Waals surface area contributed by atoms with Crippen molar-refractivity contribution in [3.05, 3.63) is 35.6 Å². The average molecular weight is 211 g/mol. The molecular formula is C10H10FNO3. The lowest BCUT2D eigenvalue weighted by molar-refractivity contribution is -0.152. The second-order valence-corrected chi connectivity index (χ2v) is 2.89. The number of hydrogen-bond donors (Lipinski definition) is 1. The predicted octanol–water partition coefficient (Wildman–Crippen LogP) is 0.568. The van der Waals surface area contributed by atoms with Crippen LogP contribution < -0.4 is 5.73 Å². The first-order valence-electron chi connectivity index (χ1n) is 4.19. The highest BCUT2D eigenvalue weighted by molar-refractivity contribution is 6.35. The summed E-state index contributed by atoms with van der Waals surface area (Å²) in [5, 5.41) is 0. The summed E-state index contributed by atoms with van der Waals surface area (Å²) in [7, 11) is 1.09. The van der Waals surface area contributed by atoms with Gasteiger partial charge in [-0.25, -0.2) is 9.18 Å². The van der Waals surface area contributed by atoms with Crippen LogP contribution in [0.15, 0.2) is 24.3 Å². The van der Waals surface area contributed by atoms with Gasteiger partial charge in [0.2, 0.25) is 0 Å². The number of methoxy groups -OCH3 is 1. The molecule has 1 unspecified atom stereocenters. The number of nitrogens with two attached hydrogens (primary N) is 1. The van der Waals surface area contributed by atoms with Gasteiger partial charge in [0.05, 0.1) is 7.11 Å². The molecule has 0 radical (unpaired) electrons. The molecule has 1 atom stereocenters. The van der Waals surface area contributed by atoms with Crippen LogP contribution in [0.5, 0.6) is 0 Å². The van der Waals surface area contributed by atoms with Crippen molar-refractivity contribution in [2.75, 3.05) is 7.11 Å². The minimum atomic E-state index is -1.11. The molecule has 0 amide bonds. The normalized spacial score (nSPS) is 11.9. The van der Waals surface area contributed by atoms with Crippen LogP contribution in [0.3, 0.4) is 0 Å². The maximum Gasteiger partial charge on any atom is 0.376 e. The van der Waals surface area contributed by atoms with E-state index in [0.717, 1.165) is 7.11 Å². The topological polar surface area (TPSA) is 69.4 Å². The molecule has 2 N–H and O–H groups in total. The fourth-order valence-electron chi connectivity index (χ4n) is 1.05. The van der Waals surface area contributed by atoms with Gasteiger partial charge in [0.1, 0.15) is 11.9 Å². The van der Waals surface area contributed by atoms with Crippen LogP contribution in [0.4, 0.5) is 4.39 Å². The summed E-state index contributed by atoms with van der Waals surface area (Å²) in [4.78, 5) is 22.1. The van der Waals surface area contributed by atoms with Crippen molar-refractivity contribution in [2.45, 2.75) is 6.04 Å². The van der Waals surface area contributed by atoms with Gasteiger partial charge in [-0.3, -0.25) is 4.79 Å². The predicted molar refractivity (Wildman–Crippen MR) is 50.4 cm³/mol. The second-order valence-electron chi connectivity index (χ2n) is 2.89. The summed E-state index contributed by atoms with van der Waals surface area (Å²) < 4.78 is 16.8. The van der Waals surface area contributed by atoms with Gasteiger partial charge < -0.3 is 10.5 Å². The Bertz CT molecular complexity index is 375. The lowest BCUT2D eigenvalue weighted by Crippen LogP contribution is -2.29. The molecule has 0 spiro atoms. The number of rotatable bonds is 3. The zero-order valence-electron chi connectivity index (χ0n) is 8.07. The SMILES string of the molecule is COC(=O)C(=O)C(N)c1ccc(F)cc1. The molecule has 0 bridgehead atoms. The van der Waals surface area contributed by atoms with Gasteiger partial charge in [-0.15, -0.1) is 0 Å². The van der Waals surface area contributed by atoms with E-state index >= 15 is 0 Å². The highest BCUT2D eigenvalue weighted by Crippen LogP contribution is 2.12. The molecule has 0 aliphatic rings. The number of carbonyl (C=O) groups is 2. The molecule has 5 heteroatoms. The first-order chi connectivity index (χ1) is 7.06. The van der Waals surface area contributed by atoms with Crippen LogP contribution in [0.1, 0.15) is 11.6 Å². The lowest BCUT2D eigenvalue weighted by Gasteiger charge is -2.08. The van der Waals surface area contributed by atoms with E-state index in [0.29, 0.717) is 5.56 Å². The largest absolute Gasteiger partial charge is 0.463 e. The summed E-state index contributed by atoms with van der Waals surface area (Å²) in [6, 6.07) is 3.92. The number of benzene rings is 1. The third kappa shape index (κ3) is 2.60. The molecule has 4 nitrogen and oxygen atoms in total. The first-order valence-corrected chi connectivity index (χ1v) is 4.19. The molecule has 1 rings (SSSR count). The van der Waals surface area contributed by atoms with Crippen molar-refractivity contribution in [2.24, 2.45) is 5.73 Å². The van der Waals surface area contributed by atoms with Crippen molar-refractivity contribution < 1.29 is 18.7 Å². The first kappa shape index (κ1) is 11.3. The summed E-state index contributed by atoms with van der Waals surface area (Å²) in [6.07, 6.45) is 0. The third-order valence-corrected chi connectivity index (χ3v) is 1.90. The van der Waals surface area contributed by atoms with Crippen LogP contribution in [0.2, 0.25) is 0 Å². The number of esters is 1. The van der Waals surface area contributed by atoms with E-state index in [-0.39, 0.29) is 0 Å². The summed E-state index contributed by atoms with van der Waals surface area (Å²) in [6.45, 7) is 0. The minimum Gasteiger partial charge on any atom is -0.463 e. The standard InChI is InChI=1S/C10H10FNO3/c1-15-10(14)9(13)8(12)6-2-4-7(11)5-3-6/h2-5,8H,12H2,1H3. The molecule has 0 heterocycles. The van der Waals surface area contributed by atoms with Crippen molar-refractivity contribution in [1.29, 1.82) is 0 Å². The van der Waals surface area contributed by atoms with Crippen LogP contribution in [-0.4, -0.2) is 18.9 Å². The Morgan fingerprint density at radius 3 is 2.33 bits per heavy atom. The van der Waals surface area contributed by atoms with E-state index in [9.17, 15) is 14.0 Å². The smallest absolute Gasteiger partial charge is 0.376 e. The monoisotopic (exact) mass is 211 g/mol. The van der Waals surface area contributed by atoms with Crippen LogP contribution >= 0.6 is 0 Å². The molecule has 1 aromatic rings. The van der Waals surface area contributed by atoms with Gasteiger partial charge in [-0.1, -0.05) is 12.1 Å². The van der Waals surface area contributed by atoms with Gasteiger partial charge in [-0.2, -0.15) is 0 Å². The van der Waals surface area contributed by atoms with E-state index in [1.54, 1.807) is 0 Å². The fourth-order valence-corrected chi connectivity index (χ4v) is 1.05. The van der Waals surface area contributed by atoms with E-state index in [2.05, 4.69) is 4.74 Å². The number of carbonyl (C=O) groups excluding carboxylic acids is 2. The van der Waals surface area contributed by atoms with E-state index < -0.39 is 23.6 Å². The van der Waals surface area contributed by atoms with Gasteiger partial charge in [0.15, 0.2) is 0 Å². The third-order valence-electron chi connectivity index (χ3n) is 1.90. The Balaban J connectivity index is 2.85. The van der Waals surface area contributed by atoms with Crippen molar-refractivity contribution in [3.8, 4) is 0 Å². The fraction of sp³-hybridized carbons (Fsp3) is 0.200. The molecule has 15 heavy (non-hydrogen) atoms.